The average Bonchev–Trinajstić information content (AvgIpc) is 2.46. The van der Waals surface area contributed by atoms with Crippen LogP contribution in [0.25, 0.3) is 0 Å². The molecular weight excluding hydrogens is 324 g/mol. The number of pyridine rings is 1. The topological polar surface area (TPSA) is 24.9 Å². The van der Waals surface area contributed by atoms with Gasteiger partial charge in [-0.1, -0.05) is 47.1 Å². The average molecular weight is 347 g/mol. The van der Waals surface area contributed by atoms with E-state index in [9.17, 15) is 0 Å². The van der Waals surface area contributed by atoms with E-state index in [1.807, 2.05) is 6.92 Å². The molecule has 0 spiro atoms. The van der Waals surface area contributed by atoms with Gasteiger partial charge < -0.3 is 5.32 Å². The molecule has 1 unspecified atom stereocenters. The highest BCUT2D eigenvalue weighted by atomic mass is 79.9. The van der Waals surface area contributed by atoms with Gasteiger partial charge in [0.1, 0.15) is 0 Å². The van der Waals surface area contributed by atoms with Crippen LogP contribution in [0.3, 0.4) is 0 Å². The largest absolute Gasteiger partial charge is 0.310 e. The van der Waals surface area contributed by atoms with E-state index in [-0.39, 0.29) is 0 Å². The Kier molecular flexibility index (Phi) is 5.95. The molecule has 1 heterocycles. The minimum absolute atomic E-state index is 0.303. The number of hydrogen-bond acceptors (Lipinski definition) is 2. The van der Waals surface area contributed by atoms with Gasteiger partial charge in [0.15, 0.2) is 0 Å². The Labute approximate surface area is 136 Å². The minimum atomic E-state index is 0.303. The lowest BCUT2D eigenvalue weighted by Crippen LogP contribution is -2.25. The fourth-order valence-electron chi connectivity index (χ4n) is 2.56. The van der Waals surface area contributed by atoms with Crippen LogP contribution in [0.4, 0.5) is 0 Å². The van der Waals surface area contributed by atoms with Crippen LogP contribution in [0.1, 0.15) is 41.9 Å². The summed E-state index contributed by atoms with van der Waals surface area (Å²) >= 11 is 3.65. The Balaban J connectivity index is 2.27. The van der Waals surface area contributed by atoms with Gasteiger partial charge in [0.25, 0.3) is 0 Å². The van der Waals surface area contributed by atoms with E-state index in [4.69, 9.17) is 0 Å². The van der Waals surface area contributed by atoms with Crippen molar-refractivity contribution in [3.63, 3.8) is 0 Å². The monoisotopic (exact) mass is 346 g/mol. The molecule has 0 saturated carbocycles. The van der Waals surface area contributed by atoms with Gasteiger partial charge in [0, 0.05) is 21.9 Å². The van der Waals surface area contributed by atoms with Crippen LogP contribution in [0.15, 0.2) is 40.9 Å². The van der Waals surface area contributed by atoms with Crippen molar-refractivity contribution in [1.29, 1.82) is 0 Å². The van der Waals surface area contributed by atoms with Gasteiger partial charge in [0.2, 0.25) is 0 Å². The molecule has 3 heteroatoms. The van der Waals surface area contributed by atoms with Crippen molar-refractivity contribution in [2.24, 2.45) is 0 Å². The Hall–Kier alpha value is -1.19. The molecular formula is C18H23BrN2. The Bertz CT molecular complexity index is 596. The molecule has 2 aromatic rings. The lowest BCUT2D eigenvalue weighted by Gasteiger charge is -2.21. The zero-order valence-electron chi connectivity index (χ0n) is 13.0. The van der Waals surface area contributed by atoms with Crippen LogP contribution in [-0.4, -0.2) is 11.5 Å². The molecule has 0 aliphatic rings. The van der Waals surface area contributed by atoms with Crippen LogP contribution < -0.4 is 5.32 Å². The summed E-state index contributed by atoms with van der Waals surface area (Å²) in [6.45, 7) is 7.35. The van der Waals surface area contributed by atoms with Gasteiger partial charge in [-0.25, -0.2) is 0 Å². The van der Waals surface area contributed by atoms with Crippen molar-refractivity contribution in [1.82, 2.24) is 10.3 Å². The van der Waals surface area contributed by atoms with Crippen LogP contribution in [0.5, 0.6) is 0 Å². The van der Waals surface area contributed by atoms with Gasteiger partial charge in [-0.15, -0.1) is 0 Å². The van der Waals surface area contributed by atoms with Crippen molar-refractivity contribution < 1.29 is 0 Å². The second-order valence-electron chi connectivity index (χ2n) is 5.43. The Morgan fingerprint density at radius 3 is 2.57 bits per heavy atom. The highest BCUT2D eigenvalue weighted by molar-refractivity contribution is 9.10. The zero-order chi connectivity index (χ0) is 15.2. The highest BCUT2D eigenvalue weighted by Crippen LogP contribution is 2.25. The molecule has 0 radical (unpaired) electrons. The Morgan fingerprint density at radius 1 is 1.14 bits per heavy atom. The maximum Gasteiger partial charge on any atom is 0.0423 e. The van der Waals surface area contributed by atoms with Gasteiger partial charge in [-0.05, 0) is 56.5 Å². The molecule has 1 atom stereocenters. The molecule has 0 bridgehead atoms. The fourth-order valence-corrected chi connectivity index (χ4v) is 3.01. The van der Waals surface area contributed by atoms with Crippen molar-refractivity contribution in [2.75, 3.05) is 6.54 Å². The lowest BCUT2D eigenvalue weighted by molar-refractivity contribution is 0.524. The summed E-state index contributed by atoms with van der Waals surface area (Å²) in [6.07, 6.45) is 2.10. The highest BCUT2D eigenvalue weighted by Gasteiger charge is 2.15. The standard InChI is InChI=1S/C18H23BrN2/c1-4-11-20-18(12-15-7-5-6-8-17(15)19)16-10-9-13(2)21-14(16)3/h5-10,18,20H,4,11-12H2,1-3H3. The third-order valence-electron chi connectivity index (χ3n) is 3.66. The first-order valence-electron chi connectivity index (χ1n) is 7.52. The third kappa shape index (κ3) is 4.39. The van der Waals surface area contributed by atoms with E-state index in [0.29, 0.717) is 6.04 Å². The van der Waals surface area contributed by atoms with Crippen LogP contribution in [-0.2, 0) is 6.42 Å². The lowest BCUT2D eigenvalue weighted by atomic mass is 9.97. The summed E-state index contributed by atoms with van der Waals surface area (Å²) in [7, 11) is 0. The number of rotatable bonds is 6. The summed E-state index contributed by atoms with van der Waals surface area (Å²) in [4.78, 5) is 4.61. The number of aromatic nitrogens is 1. The number of nitrogens with one attached hydrogen (secondary N) is 1. The van der Waals surface area contributed by atoms with Crippen LogP contribution in [0.2, 0.25) is 0 Å². The molecule has 21 heavy (non-hydrogen) atoms. The van der Waals surface area contributed by atoms with Crippen LogP contribution >= 0.6 is 15.9 Å². The van der Waals surface area contributed by atoms with E-state index in [0.717, 1.165) is 30.8 Å². The minimum Gasteiger partial charge on any atom is -0.310 e. The van der Waals surface area contributed by atoms with E-state index in [1.54, 1.807) is 0 Å². The number of nitrogens with zero attached hydrogens (tertiary/aromatic N) is 1. The second kappa shape index (κ2) is 7.71. The first-order valence-corrected chi connectivity index (χ1v) is 8.32. The SMILES string of the molecule is CCCNC(Cc1ccccc1Br)c1ccc(C)nc1C. The summed E-state index contributed by atoms with van der Waals surface area (Å²) in [5.74, 6) is 0. The van der Waals surface area contributed by atoms with Crippen molar-refractivity contribution in [3.05, 3.63) is 63.4 Å². The molecule has 1 aromatic carbocycles. The van der Waals surface area contributed by atoms with E-state index in [2.05, 4.69) is 76.5 Å². The molecule has 0 saturated heterocycles. The molecule has 2 rings (SSSR count). The van der Waals surface area contributed by atoms with Gasteiger partial charge in [-0.2, -0.15) is 0 Å². The number of hydrogen-bond donors (Lipinski definition) is 1. The van der Waals surface area contributed by atoms with E-state index < -0.39 is 0 Å². The molecule has 0 amide bonds. The third-order valence-corrected chi connectivity index (χ3v) is 4.44. The van der Waals surface area contributed by atoms with E-state index >= 15 is 0 Å². The number of halogens is 1. The molecule has 0 fully saturated rings. The zero-order valence-corrected chi connectivity index (χ0v) is 14.6. The molecule has 112 valence electrons. The van der Waals surface area contributed by atoms with Gasteiger partial charge >= 0.3 is 0 Å². The normalized spacial score (nSPS) is 12.4. The summed E-state index contributed by atoms with van der Waals surface area (Å²) in [5, 5.41) is 3.66. The van der Waals surface area contributed by atoms with Crippen LogP contribution in [0, 0.1) is 13.8 Å². The van der Waals surface area contributed by atoms with Crippen molar-refractivity contribution in [3.8, 4) is 0 Å². The van der Waals surface area contributed by atoms with Gasteiger partial charge in [-0.3, -0.25) is 4.98 Å². The predicted octanol–water partition coefficient (Wildman–Crippen LogP) is 4.74. The summed E-state index contributed by atoms with van der Waals surface area (Å²) in [6, 6.07) is 13.0. The Morgan fingerprint density at radius 2 is 1.90 bits per heavy atom. The van der Waals surface area contributed by atoms with E-state index in [1.165, 1.54) is 15.6 Å². The molecule has 2 nitrogen and oxygen atoms in total. The van der Waals surface area contributed by atoms with Crippen molar-refractivity contribution in [2.45, 2.75) is 39.7 Å². The molecule has 1 N–H and O–H groups in total. The summed E-state index contributed by atoms with van der Waals surface area (Å²) < 4.78 is 1.17. The predicted molar refractivity (Wildman–Crippen MR) is 92.6 cm³/mol. The smallest absolute Gasteiger partial charge is 0.0423 e. The molecule has 0 aliphatic heterocycles. The van der Waals surface area contributed by atoms with Gasteiger partial charge in [0.05, 0.1) is 0 Å². The molecule has 0 aliphatic carbocycles. The maximum absolute atomic E-state index is 4.61. The number of aryl methyl sites for hydroxylation is 2. The maximum atomic E-state index is 4.61. The quantitative estimate of drug-likeness (QED) is 0.816. The van der Waals surface area contributed by atoms with Crippen molar-refractivity contribution >= 4 is 15.9 Å². The molecule has 1 aromatic heterocycles. The first kappa shape index (κ1) is 16.2. The second-order valence-corrected chi connectivity index (χ2v) is 6.28. The number of benzene rings is 1. The summed E-state index contributed by atoms with van der Waals surface area (Å²) in [5.41, 5.74) is 4.82. The fraction of sp³-hybridized carbons (Fsp3) is 0.389. The first-order chi connectivity index (χ1) is 10.1.